The Hall–Kier alpha value is -1.73. The topological polar surface area (TPSA) is 35.5 Å². The molecule has 17 heavy (non-hydrogen) atoms. The Balaban J connectivity index is 2.34. The molecule has 4 heteroatoms. The van der Waals surface area contributed by atoms with Crippen molar-refractivity contribution in [1.29, 1.82) is 0 Å². The monoisotopic (exact) mass is 248 g/mol. The number of ether oxygens (including phenoxy) is 2. The van der Waals surface area contributed by atoms with E-state index in [4.69, 9.17) is 9.47 Å². The van der Waals surface area contributed by atoms with Crippen molar-refractivity contribution >= 4 is 14.2 Å². The van der Waals surface area contributed by atoms with Gasteiger partial charge in [0.2, 0.25) is 0 Å². The van der Waals surface area contributed by atoms with Crippen molar-refractivity contribution in [3.63, 3.8) is 0 Å². The van der Waals surface area contributed by atoms with E-state index >= 15 is 0 Å². The van der Waals surface area contributed by atoms with Gasteiger partial charge in [-0.15, -0.1) is 5.54 Å². The van der Waals surface area contributed by atoms with Crippen molar-refractivity contribution in [3.05, 3.63) is 30.3 Å². The summed E-state index contributed by atoms with van der Waals surface area (Å²) in [7, 11) is -1.40. The second-order valence-electron chi connectivity index (χ2n) is 4.51. The quantitative estimate of drug-likeness (QED) is 0.349. The van der Waals surface area contributed by atoms with Gasteiger partial charge >= 0.3 is 6.16 Å². The van der Waals surface area contributed by atoms with E-state index in [0.29, 0.717) is 5.75 Å². The zero-order valence-electron chi connectivity index (χ0n) is 10.3. The molecule has 0 atom stereocenters. The molecule has 0 aliphatic rings. The molecule has 0 fully saturated rings. The van der Waals surface area contributed by atoms with Crippen LogP contribution in [0.15, 0.2) is 30.3 Å². The molecule has 0 amide bonds. The van der Waals surface area contributed by atoms with Crippen LogP contribution < -0.4 is 4.74 Å². The minimum absolute atomic E-state index is 0.0793. The van der Waals surface area contributed by atoms with Gasteiger partial charge in [-0.3, -0.25) is 0 Å². The fourth-order valence-corrected chi connectivity index (χ4v) is 1.61. The van der Waals surface area contributed by atoms with Gasteiger partial charge in [-0.2, -0.15) is 0 Å². The fourth-order valence-electron chi connectivity index (χ4n) is 1.01. The van der Waals surface area contributed by atoms with Gasteiger partial charge in [0.05, 0.1) is 0 Å². The predicted octanol–water partition coefficient (Wildman–Crippen LogP) is 3.08. The van der Waals surface area contributed by atoms with Gasteiger partial charge in [0.25, 0.3) is 0 Å². The van der Waals surface area contributed by atoms with Crippen LogP contribution in [0.4, 0.5) is 4.79 Å². The summed E-state index contributed by atoms with van der Waals surface area (Å²) >= 11 is 0. The number of para-hydroxylation sites is 1. The third kappa shape index (κ3) is 6.43. The van der Waals surface area contributed by atoms with Crippen molar-refractivity contribution < 1.29 is 14.3 Å². The van der Waals surface area contributed by atoms with Crippen molar-refractivity contribution in [1.82, 2.24) is 0 Å². The molecule has 0 aliphatic heterocycles. The van der Waals surface area contributed by atoms with Crippen LogP contribution in [0.2, 0.25) is 19.6 Å². The van der Waals surface area contributed by atoms with Crippen LogP contribution in [0, 0.1) is 11.5 Å². The van der Waals surface area contributed by atoms with E-state index in [1.807, 2.05) is 6.07 Å². The van der Waals surface area contributed by atoms with Gasteiger partial charge < -0.3 is 9.47 Å². The first-order valence-corrected chi connectivity index (χ1v) is 8.87. The number of hydrogen-bond donors (Lipinski definition) is 0. The van der Waals surface area contributed by atoms with E-state index in [9.17, 15) is 4.79 Å². The van der Waals surface area contributed by atoms with Gasteiger partial charge in [-0.25, -0.2) is 4.79 Å². The summed E-state index contributed by atoms with van der Waals surface area (Å²) in [4.78, 5) is 11.2. The summed E-state index contributed by atoms with van der Waals surface area (Å²) in [5, 5.41) is 0. The zero-order chi connectivity index (χ0) is 12.7. The lowest BCUT2D eigenvalue weighted by Crippen LogP contribution is -2.17. The lowest BCUT2D eigenvalue weighted by atomic mass is 10.3. The molecule has 0 saturated heterocycles. The fraction of sp³-hybridized carbons (Fsp3) is 0.308. The summed E-state index contributed by atoms with van der Waals surface area (Å²) in [6, 6.07) is 8.79. The summed E-state index contributed by atoms with van der Waals surface area (Å²) in [5.74, 6) is 3.30. The van der Waals surface area contributed by atoms with Crippen LogP contribution >= 0.6 is 0 Å². The minimum atomic E-state index is -1.40. The first-order chi connectivity index (χ1) is 7.97. The molecular formula is C13H16O3Si. The first-order valence-electron chi connectivity index (χ1n) is 5.37. The highest BCUT2D eigenvalue weighted by Crippen LogP contribution is 2.08. The molecule has 0 N–H and O–H groups in total. The van der Waals surface area contributed by atoms with Crippen molar-refractivity contribution in [2.75, 3.05) is 6.61 Å². The maximum Gasteiger partial charge on any atom is 0.514 e. The Labute approximate surface area is 103 Å². The van der Waals surface area contributed by atoms with Crippen LogP contribution in [-0.4, -0.2) is 20.8 Å². The van der Waals surface area contributed by atoms with Crippen molar-refractivity contribution in [2.45, 2.75) is 19.6 Å². The Kier molecular flexibility index (Phi) is 4.79. The number of benzene rings is 1. The average molecular weight is 248 g/mol. The molecule has 0 saturated carbocycles. The smallest absolute Gasteiger partial charge is 0.421 e. The van der Waals surface area contributed by atoms with Crippen molar-refractivity contribution in [3.8, 4) is 17.2 Å². The van der Waals surface area contributed by atoms with E-state index in [1.54, 1.807) is 24.3 Å². The molecular weight excluding hydrogens is 232 g/mol. The summed E-state index contributed by atoms with van der Waals surface area (Å²) < 4.78 is 9.76. The molecule has 0 unspecified atom stereocenters. The second-order valence-corrected chi connectivity index (χ2v) is 9.26. The van der Waals surface area contributed by atoms with Crippen LogP contribution in [-0.2, 0) is 4.74 Å². The molecule has 90 valence electrons. The minimum Gasteiger partial charge on any atom is -0.421 e. The Morgan fingerprint density at radius 1 is 1.24 bits per heavy atom. The normalized spacial score (nSPS) is 10.1. The number of rotatable bonds is 2. The predicted molar refractivity (Wildman–Crippen MR) is 69.5 cm³/mol. The molecule has 0 spiro atoms. The number of hydrogen-bond acceptors (Lipinski definition) is 3. The lowest BCUT2D eigenvalue weighted by molar-refractivity contribution is 0.111. The van der Waals surface area contributed by atoms with E-state index in [1.165, 1.54) is 0 Å². The molecule has 1 aromatic rings. The van der Waals surface area contributed by atoms with E-state index < -0.39 is 14.2 Å². The summed E-state index contributed by atoms with van der Waals surface area (Å²) in [6.07, 6.45) is -0.721. The third-order valence-corrected chi connectivity index (χ3v) is 2.60. The summed E-state index contributed by atoms with van der Waals surface area (Å²) in [6.45, 7) is 6.46. The van der Waals surface area contributed by atoms with E-state index in [-0.39, 0.29) is 6.61 Å². The second kappa shape index (κ2) is 6.11. The van der Waals surface area contributed by atoms with Gasteiger partial charge in [-0.1, -0.05) is 43.8 Å². The zero-order valence-corrected chi connectivity index (χ0v) is 11.3. The maximum absolute atomic E-state index is 11.2. The highest BCUT2D eigenvalue weighted by molar-refractivity contribution is 6.83. The Morgan fingerprint density at radius 2 is 1.88 bits per heavy atom. The summed E-state index contributed by atoms with van der Waals surface area (Å²) in [5.41, 5.74) is 3.10. The van der Waals surface area contributed by atoms with Crippen molar-refractivity contribution in [2.24, 2.45) is 0 Å². The molecule has 0 aromatic heterocycles. The molecule has 0 aliphatic carbocycles. The highest BCUT2D eigenvalue weighted by atomic mass is 28.3. The Bertz CT molecular complexity index is 423. The van der Waals surface area contributed by atoms with Gasteiger partial charge in [0.1, 0.15) is 13.8 Å². The maximum atomic E-state index is 11.2. The molecule has 3 nitrogen and oxygen atoms in total. The van der Waals surface area contributed by atoms with Crippen LogP contribution in [0.3, 0.4) is 0 Å². The van der Waals surface area contributed by atoms with Gasteiger partial charge in [0.15, 0.2) is 6.61 Å². The van der Waals surface area contributed by atoms with Gasteiger partial charge in [-0.05, 0) is 12.1 Å². The highest BCUT2D eigenvalue weighted by Gasteiger charge is 2.08. The number of carbonyl (C=O) groups excluding carboxylic acids is 1. The van der Waals surface area contributed by atoms with E-state index in [0.717, 1.165) is 0 Å². The molecule has 0 heterocycles. The third-order valence-electron chi connectivity index (χ3n) is 1.67. The average Bonchev–Trinajstić information content (AvgIpc) is 2.25. The van der Waals surface area contributed by atoms with Gasteiger partial charge in [0, 0.05) is 0 Å². The van der Waals surface area contributed by atoms with Crippen LogP contribution in [0.1, 0.15) is 0 Å². The van der Waals surface area contributed by atoms with Crippen LogP contribution in [0.5, 0.6) is 5.75 Å². The van der Waals surface area contributed by atoms with E-state index in [2.05, 4.69) is 31.1 Å². The standard InChI is InChI=1S/C13H16O3Si/c1-17(2,3)11-7-10-15-13(14)16-12-8-5-4-6-9-12/h4-6,8-9H,10H2,1-3H3. The first kappa shape index (κ1) is 13.3. The molecule has 1 aromatic carbocycles. The molecule has 0 bridgehead atoms. The SMILES string of the molecule is C[Si](C)(C)C#CCOC(=O)Oc1ccccc1. The van der Waals surface area contributed by atoms with Crippen LogP contribution in [0.25, 0.3) is 0 Å². The largest absolute Gasteiger partial charge is 0.514 e. The number of carbonyl (C=O) groups is 1. The Morgan fingerprint density at radius 3 is 2.47 bits per heavy atom. The lowest BCUT2D eigenvalue weighted by Gasteiger charge is -2.04. The molecule has 1 rings (SSSR count). The molecule has 0 radical (unpaired) electrons.